The third kappa shape index (κ3) is 4.64. The second kappa shape index (κ2) is 8.36. The van der Waals surface area contributed by atoms with Gasteiger partial charge in [0.2, 0.25) is 0 Å². The molecule has 0 saturated carbocycles. The zero-order valence-corrected chi connectivity index (χ0v) is 15.8. The van der Waals surface area contributed by atoms with E-state index < -0.39 is 0 Å². The van der Waals surface area contributed by atoms with Crippen LogP contribution in [0.3, 0.4) is 0 Å². The van der Waals surface area contributed by atoms with E-state index in [1.54, 1.807) is 37.5 Å². The summed E-state index contributed by atoms with van der Waals surface area (Å²) in [5.74, 6) is 0.657. The van der Waals surface area contributed by atoms with Gasteiger partial charge >= 0.3 is 0 Å². The lowest BCUT2D eigenvalue weighted by Gasteiger charge is -2.18. The highest BCUT2D eigenvalue weighted by Gasteiger charge is 2.13. The zero-order chi connectivity index (χ0) is 19.2. The average Bonchev–Trinajstić information content (AvgIpc) is 2.68. The molecule has 0 unspecified atom stereocenters. The van der Waals surface area contributed by atoms with Crippen LogP contribution in [0.5, 0.6) is 5.75 Å². The first-order valence-corrected chi connectivity index (χ1v) is 8.73. The minimum absolute atomic E-state index is 0.0776. The Morgan fingerprint density at radius 2 is 1.89 bits per heavy atom. The van der Waals surface area contributed by atoms with Crippen molar-refractivity contribution in [2.45, 2.75) is 13.5 Å². The number of amides is 1. The number of methoxy groups -OCH3 is 1. The fraction of sp³-hybridized carbons (Fsp3) is 0.182. The second-order valence-corrected chi connectivity index (χ2v) is 6.44. The topological polar surface area (TPSA) is 54.5 Å². The molecule has 3 aromatic rings. The number of nitrogens with zero attached hydrogens (tertiary/aromatic N) is 2. The van der Waals surface area contributed by atoms with Crippen molar-refractivity contribution >= 4 is 17.3 Å². The van der Waals surface area contributed by atoms with Gasteiger partial charge in [-0.2, -0.15) is 0 Å². The zero-order valence-electron chi connectivity index (χ0n) is 15.8. The highest BCUT2D eigenvalue weighted by molar-refractivity contribution is 5.94. The number of hydrogen-bond donors (Lipinski definition) is 1. The summed E-state index contributed by atoms with van der Waals surface area (Å²) in [7, 11) is 3.42. The Kier molecular flexibility index (Phi) is 5.71. The summed E-state index contributed by atoms with van der Waals surface area (Å²) in [4.78, 5) is 18.7. The monoisotopic (exact) mass is 361 g/mol. The molecular formula is C22H23N3O2. The van der Waals surface area contributed by atoms with E-state index in [-0.39, 0.29) is 5.91 Å². The molecule has 1 aromatic heterocycles. The summed E-state index contributed by atoms with van der Waals surface area (Å²) < 4.78 is 5.40. The van der Waals surface area contributed by atoms with Gasteiger partial charge in [0, 0.05) is 19.8 Å². The van der Waals surface area contributed by atoms with Crippen LogP contribution in [-0.2, 0) is 6.54 Å². The number of nitrogens with one attached hydrogen (secondary N) is 1. The molecule has 0 aliphatic rings. The van der Waals surface area contributed by atoms with Gasteiger partial charge in [-0.1, -0.05) is 36.4 Å². The van der Waals surface area contributed by atoms with E-state index in [1.807, 2.05) is 55.5 Å². The molecule has 1 heterocycles. The molecule has 5 nitrogen and oxygen atoms in total. The van der Waals surface area contributed by atoms with Crippen LogP contribution in [0.25, 0.3) is 0 Å². The van der Waals surface area contributed by atoms with Gasteiger partial charge in [-0.25, -0.2) is 0 Å². The van der Waals surface area contributed by atoms with Crippen molar-refractivity contribution in [3.05, 3.63) is 83.7 Å². The van der Waals surface area contributed by atoms with Gasteiger partial charge in [-0.15, -0.1) is 0 Å². The molecule has 27 heavy (non-hydrogen) atoms. The van der Waals surface area contributed by atoms with Crippen LogP contribution >= 0.6 is 0 Å². The first-order chi connectivity index (χ1) is 13.1. The molecule has 0 aliphatic carbocycles. The van der Waals surface area contributed by atoms with Crippen LogP contribution in [0.4, 0.5) is 11.4 Å². The van der Waals surface area contributed by atoms with Crippen molar-refractivity contribution in [2.75, 3.05) is 19.5 Å². The Morgan fingerprint density at radius 3 is 2.63 bits per heavy atom. The van der Waals surface area contributed by atoms with Crippen molar-refractivity contribution in [3.63, 3.8) is 0 Å². The van der Waals surface area contributed by atoms with Gasteiger partial charge in [0.15, 0.2) is 0 Å². The van der Waals surface area contributed by atoms with E-state index >= 15 is 0 Å². The fourth-order valence-corrected chi connectivity index (χ4v) is 2.85. The Bertz CT molecular complexity index is 926. The van der Waals surface area contributed by atoms with Gasteiger partial charge in [-0.05, 0) is 36.2 Å². The Morgan fingerprint density at radius 1 is 1.11 bits per heavy atom. The van der Waals surface area contributed by atoms with Gasteiger partial charge in [-0.3, -0.25) is 9.78 Å². The van der Waals surface area contributed by atoms with Crippen LogP contribution in [0, 0.1) is 6.92 Å². The van der Waals surface area contributed by atoms with E-state index in [0.717, 1.165) is 28.3 Å². The molecule has 0 atom stereocenters. The van der Waals surface area contributed by atoms with E-state index in [9.17, 15) is 4.79 Å². The Balaban J connectivity index is 1.77. The summed E-state index contributed by atoms with van der Waals surface area (Å²) in [6.45, 7) is 2.56. The molecule has 0 fully saturated rings. The van der Waals surface area contributed by atoms with Crippen molar-refractivity contribution in [3.8, 4) is 5.75 Å². The third-order valence-corrected chi connectivity index (χ3v) is 4.23. The first-order valence-electron chi connectivity index (χ1n) is 8.73. The molecule has 2 aromatic carbocycles. The van der Waals surface area contributed by atoms with Gasteiger partial charge < -0.3 is 15.0 Å². The predicted octanol–water partition coefficient (Wildman–Crippen LogP) is 4.41. The lowest BCUT2D eigenvalue weighted by atomic mass is 10.1. The summed E-state index contributed by atoms with van der Waals surface area (Å²) in [6, 6.07) is 17.6. The number of pyridine rings is 1. The van der Waals surface area contributed by atoms with Gasteiger partial charge in [0.05, 0.1) is 30.2 Å². The van der Waals surface area contributed by atoms with Crippen molar-refractivity contribution in [1.82, 2.24) is 9.88 Å². The molecule has 5 heteroatoms. The average molecular weight is 361 g/mol. The molecule has 1 N–H and O–H groups in total. The summed E-state index contributed by atoms with van der Waals surface area (Å²) in [5, 5.41) is 3.29. The lowest BCUT2D eigenvalue weighted by Crippen LogP contribution is -2.26. The number of ether oxygens (including phenoxy) is 1. The predicted molar refractivity (Wildman–Crippen MR) is 107 cm³/mol. The number of carbonyl (C=O) groups is 1. The molecule has 0 saturated heterocycles. The molecule has 3 rings (SSSR count). The molecular weight excluding hydrogens is 338 g/mol. The number of hydrogen-bond acceptors (Lipinski definition) is 4. The largest absolute Gasteiger partial charge is 0.495 e. The third-order valence-electron chi connectivity index (χ3n) is 4.23. The minimum Gasteiger partial charge on any atom is -0.495 e. The SMILES string of the molecule is COc1ccc(C)cc1Nc1cncc(C(=O)N(C)Cc2ccccc2)c1. The van der Waals surface area contributed by atoms with E-state index in [1.165, 1.54) is 0 Å². The maximum absolute atomic E-state index is 12.8. The highest BCUT2D eigenvalue weighted by Crippen LogP contribution is 2.28. The van der Waals surface area contributed by atoms with Crippen LogP contribution < -0.4 is 10.1 Å². The molecule has 0 spiro atoms. The number of benzene rings is 2. The number of aromatic nitrogens is 1. The molecule has 0 bridgehead atoms. The van der Waals surface area contributed by atoms with Crippen LogP contribution in [0.1, 0.15) is 21.5 Å². The van der Waals surface area contributed by atoms with Crippen LogP contribution in [0.15, 0.2) is 67.0 Å². The van der Waals surface area contributed by atoms with Gasteiger partial charge in [0.25, 0.3) is 5.91 Å². The molecule has 0 radical (unpaired) electrons. The quantitative estimate of drug-likeness (QED) is 0.706. The standard InChI is InChI=1S/C22H23N3O2/c1-16-9-10-21(27-3)20(11-16)24-19-12-18(13-23-14-19)22(26)25(2)15-17-7-5-4-6-8-17/h4-14,24H,15H2,1-3H3. The lowest BCUT2D eigenvalue weighted by molar-refractivity contribution is 0.0784. The second-order valence-electron chi connectivity index (χ2n) is 6.44. The van der Waals surface area contributed by atoms with Crippen molar-refractivity contribution < 1.29 is 9.53 Å². The number of anilines is 2. The smallest absolute Gasteiger partial charge is 0.255 e. The number of rotatable bonds is 6. The Labute approximate surface area is 159 Å². The van der Waals surface area contributed by atoms with E-state index in [0.29, 0.717) is 12.1 Å². The highest BCUT2D eigenvalue weighted by atomic mass is 16.5. The maximum atomic E-state index is 12.8. The van der Waals surface area contributed by atoms with Gasteiger partial charge in [0.1, 0.15) is 5.75 Å². The minimum atomic E-state index is -0.0776. The maximum Gasteiger partial charge on any atom is 0.255 e. The van der Waals surface area contributed by atoms with Crippen molar-refractivity contribution in [2.24, 2.45) is 0 Å². The van der Waals surface area contributed by atoms with E-state index in [2.05, 4.69) is 10.3 Å². The first kappa shape index (κ1) is 18.5. The summed E-state index contributed by atoms with van der Waals surface area (Å²) in [5.41, 5.74) is 4.30. The normalized spacial score (nSPS) is 10.3. The fourth-order valence-electron chi connectivity index (χ4n) is 2.85. The van der Waals surface area contributed by atoms with Crippen molar-refractivity contribution in [1.29, 1.82) is 0 Å². The van der Waals surface area contributed by atoms with E-state index in [4.69, 9.17) is 4.74 Å². The molecule has 0 aliphatic heterocycles. The number of carbonyl (C=O) groups excluding carboxylic acids is 1. The van der Waals surface area contributed by atoms with Crippen LogP contribution in [-0.4, -0.2) is 29.9 Å². The summed E-state index contributed by atoms with van der Waals surface area (Å²) >= 11 is 0. The molecule has 1 amide bonds. The number of aryl methyl sites for hydroxylation is 1. The molecule has 138 valence electrons. The van der Waals surface area contributed by atoms with Crippen LogP contribution in [0.2, 0.25) is 0 Å². The summed E-state index contributed by atoms with van der Waals surface area (Å²) in [6.07, 6.45) is 3.28. The Hall–Kier alpha value is -3.34.